The first kappa shape index (κ1) is 7.16. The minimum Gasteiger partial charge on any atom is -0.232 e. The van der Waals surface area contributed by atoms with E-state index in [9.17, 15) is 0 Å². The van der Waals surface area contributed by atoms with E-state index in [-0.39, 0.29) is 0 Å². The molecule has 2 rings (SSSR count). The van der Waals surface area contributed by atoms with Crippen LogP contribution in [-0.4, -0.2) is 23.1 Å². The molecule has 0 bridgehead atoms. The quantitative estimate of drug-likeness (QED) is 0.468. The normalized spacial score (nSPS) is 16.7. The number of aromatic nitrogens is 2. The second kappa shape index (κ2) is 2.85. The van der Waals surface area contributed by atoms with Gasteiger partial charge in [-0.1, -0.05) is 17.2 Å². The van der Waals surface area contributed by atoms with Crippen molar-refractivity contribution in [3.8, 4) is 0 Å². The summed E-state index contributed by atoms with van der Waals surface area (Å²) in [6, 6.07) is 0. The fourth-order valence-corrected chi connectivity index (χ4v) is 1.62. The predicted molar refractivity (Wildman–Crippen MR) is 46.3 cm³/mol. The van der Waals surface area contributed by atoms with Crippen LogP contribution >= 0.6 is 11.8 Å². The first-order valence-corrected chi connectivity index (χ1v) is 4.47. The smallest absolute Gasteiger partial charge is 0.187 e. The molecule has 54 valence electrons. The van der Waals surface area contributed by atoms with Crippen molar-refractivity contribution in [2.75, 3.05) is 0 Å². The molecule has 0 amide bonds. The van der Waals surface area contributed by atoms with Crippen molar-refractivity contribution in [3.05, 3.63) is 12.4 Å². The van der Waals surface area contributed by atoms with Crippen molar-refractivity contribution >= 4 is 25.1 Å². The van der Waals surface area contributed by atoms with Crippen molar-refractivity contribution in [1.29, 1.82) is 0 Å². The summed E-state index contributed by atoms with van der Waals surface area (Å²) in [5, 5.41) is 1.61. The highest BCUT2D eigenvalue weighted by Crippen LogP contribution is 2.36. The summed E-state index contributed by atoms with van der Waals surface area (Å²) < 4.78 is 0. The third kappa shape index (κ3) is 1.96. The first-order chi connectivity index (χ1) is 5.34. The molecule has 1 heterocycles. The van der Waals surface area contributed by atoms with Gasteiger partial charge in [-0.2, -0.15) is 0 Å². The van der Waals surface area contributed by atoms with Crippen LogP contribution in [0, 0.1) is 0 Å². The molecule has 0 spiro atoms. The molecule has 0 aromatic carbocycles. The molecule has 1 aromatic rings. The van der Waals surface area contributed by atoms with E-state index < -0.39 is 0 Å². The van der Waals surface area contributed by atoms with Crippen LogP contribution in [0.2, 0.25) is 0 Å². The molecule has 0 atom stereocenters. The van der Waals surface area contributed by atoms with Crippen LogP contribution in [0.15, 0.2) is 17.6 Å². The number of thioether (sulfide) groups is 1. The van der Waals surface area contributed by atoms with Gasteiger partial charge in [0.2, 0.25) is 0 Å². The van der Waals surface area contributed by atoms with Crippen LogP contribution in [0.25, 0.3) is 0 Å². The largest absolute Gasteiger partial charge is 0.232 e. The van der Waals surface area contributed by atoms with E-state index in [1.165, 1.54) is 12.8 Å². The maximum Gasteiger partial charge on any atom is 0.187 e. The molecule has 0 saturated heterocycles. The van der Waals surface area contributed by atoms with Gasteiger partial charge in [-0.3, -0.25) is 0 Å². The summed E-state index contributed by atoms with van der Waals surface area (Å²) in [6.45, 7) is 0. The Bertz CT molecular complexity index is 245. The van der Waals surface area contributed by atoms with E-state index in [0.717, 1.165) is 10.4 Å². The fraction of sp³-hybridized carbons (Fsp3) is 0.429. The lowest BCUT2D eigenvalue weighted by Gasteiger charge is -1.96. The highest BCUT2D eigenvalue weighted by atomic mass is 32.2. The Labute approximate surface area is 71.2 Å². The van der Waals surface area contributed by atoms with Crippen LogP contribution in [-0.2, 0) is 0 Å². The molecule has 0 N–H and O–H groups in total. The van der Waals surface area contributed by atoms with Crippen LogP contribution in [0.1, 0.15) is 12.8 Å². The van der Waals surface area contributed by atoms with E-state index in [4.69, 9.17) is 7.85 Å². The zero-order chi connectivity index (χ0) is 7.68. The molecule has 0 unspecified atom stereocenters. The lowest BCUT2D eigenvalue weighted by molar-refractivity contribution is 0.976. The van der Waals surface area contributed by atoms with Crippen molar-refractivity contribution < 1.29 is 0 Å². The molecule has 1 aliphatic rings. The molecular formula is C7H7BN2S. The van der Waals surface area contributed by atoms with Crippen LogP contribution in [0.5, 0.6) is 0 Å². The Balaban J connectivity index is 2.06. The monoisotopic (exact) mass is 162 g/mol. The maximum atomic E-state index is 5.44. The van der Waals surface area contributed by atoms with Gasteiger partial charge in [0.15, 0.2) is 5.16 Å². The van der Waals surface area contributed by atoms with Gasteiger partial charge in [-0.15, -0.1) is 0 Å². The Morgan fingerprint density at radius 2 is 2.00 bits per heavy atom. The van der Waals surface area contributed by atoms with Crippen molar-refractivity contribution in [3.63, 3.8) is 0 Å². The molecule has 2 nitrogen and oxygen atoms in total. The Morgan fingerprint density at radius 3 is 2.55 bits per heavy atom. The van der Waals surface area contributed by atoms with Gasteiger partial charge in [0.1, 0.15) is 7.85 Å². The van der Waals surface area contributed by atoms with Gasteiger partial charge in [0.05, 0.1) is 0 Å². The summed E-state index contributed by atoms with van der Waals surface area (Å²) >= 11 is 1.74. The summed E-state index contributed by atoms with van der Waals surface area (Å²) in [4.78, 5) is 8.17. The standard InChI is InChI=1S/C7H7BN2S/c8-5-3-9-7(10-4-5)11-6-1-2-6/h3-4,6H,1-2H2. The lowest BCUT2D eigenvalue weighted by Crippen LogP contribution is -2.04. The second-order valence-corrected chi connectivity index (χ2v) is 3.88. The molecule has 1 aliphatic carbocycles. The highest BCUT2D eigenvalue weighted by molar-refractivity contribution is 8.00. The van der Waals surface area contributed by atoms with Crippen molar-refractivity contribution in [2.24, 2.45) is 0 Å². The Hall–Kier alpha value is -0.505. The molecule has 4 heteroatoms. The summed E-state index contributed by atoms with van der Waals surface area (Å²) in [5.41, 5.74) is 0.630. The second-order valence-electron chi connectivity index (χ2n) is 2.62. The molecule has 0 aliphatic heterocycles. The van der Waals surface area contributed by atoms with Crippen molar-refractivity contribution in [1.82, 2.24) is 9.97 Å². The number of nitrogens with zero attached hydrogens (tertiary/aromatic N) is 2. The average Bonchev–Trinajstić information content (AvgIpc) is 2.78. The third-order valence-electron chi connectivity index (χ3n) is 1.44. The minimum atomic E-state index is 0.630. The lowest BCUT2D eigenvalue weighted by atomic mass is 10.0. The molecule has 1 saturated carbocycles. The van der Waals surface area contributed by atoms with Crippen LogP contribution in [0.3, 0.4) is 0 Å². The Kier molecular flexibility index (Phi) is 1.86. The molecule has 2 radical (unpaired) electrons. The van der Waals surface area contributed by atoms with Gasteiger partial charge in [-0.05, 0) is 12.8 Å². The third-order valence-corrected chi connectivity index (χ3v) is 2.67. The van der Waals surface area contributed by atoms with Crippen LogP contribution in [0.4, 0.5) is 0 Å². The Morgan fingerprint density at radius 1 is 1.36 bits per heavy atom. The summed E-state index contributed by atoms with van der Waals surface area (Å²) in [6.07, 6.45) is 5.91. The van der Waals surface area contributed by atoms with E-state index in [0.29, 0.717) is 5.46 Å². The zero-order valence-corrected chi connectivity index (χ0v) is 6.84. The van der Waals surface area contributed by atoms with E-state index in [1.807, 2.05) is 0 Å². The molecule has 1 fully saturated rings. The van der Waals surface area contributed by atoms with E-state index in [1.54, 1.807) is 24.2 Å². The fourth-order valence-electron chi connectivity index (χ4n) is 0.722. The van der Waals surface area contributed by atoms with Gasteiger partial charge in [0, 0.05) is 17.6 Å². The average molecular weight is 162 g/mol. The maximum absolute atomic E-state index is 5.44. The molecule has 11 heavy (non-hydrogen) atoms. The van der Waals surface area contributed by atoms with Gasteiger partial charge < -0.3 is 0 Å². The SMILES string of the molecule is [B]c1cnc(SC2CC2)nc1. The topological polar surface area (TPSA) is 25.8 Å². The predicted octanol–water partition coefficient (Wildman–Crippen LogP) is 0.525. The summed E-state index contributed by atoms with van der Waals surface area (Å²) in [5.74, 6) is 0. The number of hydrogen-bond donors (Lipinski definition) is 0. The van der Waals surface area contributed by atoms with Gasteiger partial charge in [0.25, 0.3) is 0 Å². The van der Waals surface area contributed by atoms with E-state index >= 15 is 0 Å². The van der Waals surface area contributed by atoms with Crippen molar-refractivity contribution in [2.45, 2.75) is 23.2 Å². The van der Waals surface area contributed by atoms with Gasteiger partial charge >= 0.3 is 0 Å². The van der Waals surface area contributed by atoms with E-state index in [2.05, 4.69) is 9.97 Å². The first-order valence-electron chi connectivity index (χ1n) is 3.59. The zero-order valence-electron chi connectivity index (χ0n) is 6.03. The molecular weight excluding hydrogens is 155 g/mol. The minimum absolute atomic E-state index is 0.630. The molecule has 1 aromatic heterocycles. The highest BCUT2D eigenvalue weighted by Gasteiger charge is 2.23. The van der Waals surface area contributed by atoms with Gasteiger partial charge in [-0.25, -0.2) is 9.97 Å². The van der Waals surface area contributed by atoms with Crippen LogP contribution < -0.4 is 5.46 Å². The number of rotatable bonds is 2. The summed E-state index contributed by atoms with van der Waals surface area (Å²) in [7, 11) is 5.44. The number of hydrogen-bond acceptors (Lipinski definition) is 3.